The molecule has 0 radical (unpaired) electrons. The van der Waals surface area contributed by atoms with Gasteiger partial charge in [0.2, 0.25) is 5.91 Å². The Balaban J connectivity index is 2.20. The van der Waals surface area contributed by atoms with Crippen LogP contribution in [-0.4, -0.2) is 37.0 Å². The Labute approximate surface area is 146 Å². The van der Waals surface area contributed by atoms with E-state index in [1.807, 2.05) is 0 Å². The average molecular weight is 350 g/mol. The minimum absolute atomic E-state index is 0.280. The summed E-state index contributed by atoms with van der Waals surface area (Å²) < 4.78 is 26.2. The van der Waals surface area contributed by atoms with Crippen molar-refractivity contribution < 1.29 is 18.7 Å². The maximum atomic E-state index is 14.3. The zero-order valence-electron chi connectivity index (χ0n) is 15.0. The number of hydrogen-bond donors (Lipinski definition) is 2. The van der Waals surface area contributed by atoms with E-state index in [2.05, 4.69) is 15.7 Å². The number of carbonyl (C=O) groups excluding carboxylic acids is 1. The number of likely N-dealkylation sites (N-methyl/N-ethyl adjacent to an activating group) is 1. The van der Waals surface area contributed by atoms with Crippen molar-refractivity contribution in [2.24, 2.45) is 7.05 Å². The van der Waals surface area contributed by atoms with E-state index in [0.717, 1.165) is 5.56 Å². The molecule has 1 aromatic carbocycles. The minimum atomic E-state index is -0.584. The van der Waals surface area contributed by atoms with Crippen LogP contribution in [-0.2, 0) is 11.8 Å². The summed E-state index contributed by atoms with van der Waals surface area (Å²) in [4.78, 5) is 12.6. The quantitative estimate of drug-likeness (QED) is 0.795. The second kappa shape index (κ2) is 7.98. The zero-order valence-corrected chi connectivity index (χ0v) is 15.0. The van der Waals surface area contributed by atoms with E-state index < -0.39 is 17.9 Å². The number of nitrogens with zero attached hydrogens (tertiary/aromatic N) is 2. The number of benzene rings is 1. The number of aryl methyl sites for hydroxylation is 1. The summed E-state index contributed by atoms with van der Waals surface area (Å²) in [5.74, 6) is -0.0619. The van der Waals surface area contributed by atoms with Gasteiger partial charge in [-0.15, -0.1) is 0 Å². The van der Waals surface area contributed by atoms with Crippen molar-refractivity contribution in [3.63, 3.8) is 0 Å². The van der Waals surface area contributed by atoms with Crippen LogP contribution in [0.5, 0.6) is 11.5 Å². The fraction of sp³-hybridized carbons (Fsp3) is 0.412. The number of rotatable bonds is 7. The first-order chi connectivity index (χ1) is 11.9. The number of hydrogen-bond acceptors (Lipinski definition) is 5. The number of carbonyl (C=O) groups is 1. The summed E-state index contributed by atoms with van der Waals surface area (Å²) in [5.41, 5.74) is 1.04. The fourth-order valence-electron chi connectivity index (χ4n) is 2.61. The standard InChI is InChI=1S/C17H23FN4O3/c1-10(12-6-14(24-4)15(25-5)7-13(12)18)21-17(23)16(19-2)11-8-20-22(3)9-11/h6-10,16,19H,1-5H3,(H,21,23). The molecule has 7 nitrogen and oxygen atoms in total. The highest BCUT2D eigenvalue weighted by atomic mass is 19.1. The molecule has 0 fully saturated rings. The summed E-state index contributed by atoms with van der Waals surface area (Å²) in [6.07, 6.45) is 3.37. The molecule has 2 aromatic rings. The molecular formula is C17H23FN4O3. The number of amides is 1. The number of aromatic nitrogens is 2. The zero-order chi connectivity index (χ0) is 18.6. The third kappa shape index (κ3) is 4.08. The first kappa shape index (κ1) is 18.7. The number of methoxy groups -OCH3 is 2. The molecule has 0 bridgehead atoms. The van der Waals surface area contributed by atoms with Crippen molar-refractivity contribution in [2.45, 2.75) is 19.0 Å². The van der Waals surface area contributed by atoms with Gasteiger partial charge >= 0.3 is 0 Å². The van der Waals surface area contributed by atoms with Gasteiger partial charge < -0.3 is 20.1 Å². The van der Waals surface area contributed by atoms with Gasteiger partial charge in [-0.05, 0) is 20.0 Å². The van der Waals surface area contributed by atoms with Crippen molar-refractivity contribution >= 4 is 5.91 Å². The minimum Gasteiger partial charge on any atom is -0.493 e. The molecule has 0 aliphatic carbocycles. The van der Waals surface area contributed by atoms with Crippen molar-refractivity contribution in [3.8, 4) is 11.5 Å². The Bertz CT molecular complexity index is 747. The molecule has 0 spiro atoms. The SMILES string of the molecule is CNC(C(=O)NC(C)c1cc(OC)c(OC)cc1F)c1cnn(C)c1. The van der Waals surface area contributed by atoms with Crippen LogP contribution in [0.4, 0.5) is 4.39 Å². The first-order valence-electron chi connectivity index (χ1n) is 7.78. The smallest absolute Gasteiger partial charge is 0.242 e. The van der Waals surface area contributed by atoms with Gasteiger partial charge in [0.15, 0.2) is 11.5 Å². The first-order valence-corrected chi connectivity index (χ1v) is 7.78. The van der Waals surface area contributed by atoms with Gasteiger partial charge in [-0.25, -0.2) is 4.39 Å². The lowest BCUT2D eigenvalue weighted by Gasteiger charge is -2.21. The molecule has 0 saturated carbocycles. The third-order valence-corrected chi connectivity index (χ3v) is 3.94. The molecule has 1 aromatic heterocycles. The van der Waals surface area contributed by atoms with Gasteiger partial charge in [0.05, 0.1) is 26.5 Å². The molecule has 0 saturated heterocycles. The van der Waals surface area contributed by atoms with Crippen LogP contribution in [0.25, 0.3) is 0 Å². The predicted molar refractivity (Wildman–Crippen MR) is 91.1 cm³/mol. The van der Waals surface area contributed by atoms with Crippen LogP contribution in [0, 0.1) is 5.82 Å². The predicted octanol–water partition coefficient (Wildman–Crippen LogP) is 1.71. The Kier molecular flexibility index (Phi) is 5.97. The van der Waals surface area contributed by atoms with Crippen LogP contribution in [0.1, 0.15) is 30.1 Å². The van der Waals surface area contributed by atoms with Crippen LogP contribution < -0.4 is 20.1 Å². The van der Waals surface area contributed by atoms with E-state index in [4.69, 9.17) is 9.47 Å². The summed E-state index contributed by atoms with van der Waals surface area (Å²) in [7, 11) is 6.37. The Morgan fingerprint density at radius 3 is 2.44 bits per heavy atom. The molecule has 136 valence electrons. The van der Waals surface area contributed by atoms with Crippen molar-refractivity contribution in [2.75, 3.05) is 21.3 Å². The summed E-state index contributed by atoms with van der Waals surface area (Å²) in [6, 6.07) is 1.63. The van der Waals surface area contributed by atoms with Gasteiger partial charge in [-0.1, -0.05) is 0 Å². The maximum Gasteiger partial charge on any atom is 0.242 e. The molecule has 2 rings (SSSR count). The third-order valence-electron chi connectivity index (χ3n) is 3.94. The fourth-order valence-corrected chi connectivity index (χ4v) is 2.61. The molecule has 0 aliphatic heterocycles. The number of nitrogens with one attached hydrogen (secondary N) is 2. The second-order valence-electron chi connectivity index (χ2n) is 5.63. The Morgan fingerprint density at radius 2 is 1.92 bits per heavy atom. The Hall–Kier alpha value is -2.61. The molecule has 25 heavy (non-hydrogen) atoms. The summed E-state index contributed by atoms with van der Waals surface area (Å²) in [5, 5.41) is 9.82. The van der Waals surface area contributed by atoms with Crippen LogP contribution in [0.2, 0.25) is 0 Å². The summed E-state index contributed by atoms with van der Waals surface area (Å²) in [6.45, 7) is 1.71. The Morgan fingerprint density at radius 1 is 1.28 bits per heavy atom. The maximum absolute atomic E-state index is 14.3. The normalized spacial score (nSPS) is 13.2. The molecule has 1 amide bonds. The molecule has 2 atom stereocenters. The highest BCUT2D eigenvalue weighted by molar-refractivity contribution is 5.83. The lowest BCUT2D eigenvalue weighted by Crippen LogP contribution is -2.37. The van der Waals surface area contributed by atoms with E-state index in [0.29, 0.717) is 17.1 Å². The lowest BCUT2D eigenvalue weighted by atomic mass is 10.1. The molecule has 2 N–H and O–H groups in total. The number of ether oxygens (including phenoxy) is 2. The van der Waals surface area contributed by atoms with Crippen LogP contribution in [0.3, 0.4) is 0 Å². The van der Waals surface area contributed by atoms with E-state index >= 15 is 0 Å². The van der Waals surface area contributed by atoms with Crippen molar-refractivity contribution in [1.82, 2.24) is 20.4 Å². The van der Waals surface area contributed by atoms with Crippen LogP contribution >= 0.6 is 0 Å². The van der Waals surface area contributed by atoms with Crippen LogP contribution in [0.15, 0.2) is 24.5 Å². The van der Waals surface area contributed by atoms with E-state index in [1.165, 1.54) is 26.4 Å². The molecule has 2 unspecified atom stereocenters. The van der Waals surface area contributed by atoms with E-state index in [9.17, 15) is 9.18 Å². The van der Waals surface area contributed by atoms with Crippen molar-refractivity contribution in [1.29, 1.82) is 0 Å². The van der Waals surface area contributed by atoms with E-state index in [-0.39, 0.29) is 5.91 Å². The molecule has 0 aliphatic rings. The van der Waals surface area contributed by atoms with E-state index in [1.54, 1.807) is 38.1 Å². The van der Waals surface area contributed by atoms with Gasteiger partial charge in [0.1, 0.15) is 11.9 Å². The topological polar surface area (TPSA) is 77.4 Å². The molecule has 1 heterocycles. The van der Waals surface area contributed by atoms with Gasteiger partial charge in [0.25, 0.3) is 0 Å². The number of halogens is 1. The monoisotopic (exact) mass is 350 g/mol. The second-order valence-corrected chi connectivity index (χ2v) is 5.63. The van der Waals surface area contributed by atoms with Gasteiger partial charge in [-0.2, -0.15) is 5.10 Å². The highest BCUT2D eigenvalue weighted by Crippen LogP contribution is 2.32. The highest BCUT2D eigenvalue weighted by Gasteiger charge is 2.24. The molecular weight excluding hydrogens is 327 g/mol. The van der Waals surface area contributed by atoms with Gasteiger partial charge in [0, 0.05) is 30.4 Å². The summed E-state index contributed by atoms with van der Waals surface area (Å²) >= 11 is 0. The largest absolute Gasteiger partial charge is 0.493 e. The average Bonchev–Trinajstić information content (AvgIpc) is 3.00. The van der Waals surface area contributed by atoms with Gasteiger partial charge in [-0.3, -0.25) is 9.48 Å². The van der Waals surface area contributed by atoms with Crippen molar-refractivity contribution in [3.05, 3.63) is 41.5 Å². The molecule has 8 heteroatoms. The lowest BCUT2D eigenvalue weighted by molar-refractivity contribution is -0.123.